The van der Waals surface area contributed by atoms with Crippen LogP contribution in [0.5, 0.6) is 0 Å². The van der Waals surface area contributed by atoms with Crippen LogP contribution in [0.1, 0.15) is 0 Å². The van der Waals surface area contributed by atoms with E-state index in [2.05, 4.69) is 30.9 Å². The first-order chi connectivity index (χ1) is 7.15. The zero-order valence-corrected chi connectivity index (χ0v) is 8.87. The van der Waals surface area contributed by atoms with Crippen molar-refractivity contribution in [3.05, 3.63) is 40.9 Å². The normalized spacial score (nSPS) is 10.3. The second kappa shape index (κ2) is 3.98. The average molecular weight is 272 g/mol. The SMILES string of the molecule is Fc1cc(F)cc(-c2ncnc(Br)n2)c1. The molecule has 3 nitrogen and oxygen atoms in total. The van der Waals surface area contributed by atoms with Crippen LogP contribution in [0, 0.1) is 11.6 Å². The molecule has 76 valence electrons. The van der Waals surface area contributed by atoms with E-state index in [1.165, 1.54) is 6.33 Å². The molecule has 0 amide bonds. The fourth-order valence-corrected chi connectivity index (χ4v) is 1.36. The van der Waals surface area contributed by atoms with Gasteiger partial charge in [0.1, 0.15) is 18.0 Å². The predicted molar refractivity (Wildman–Crippen MR) is 52.9 cm³/mol. The molecular formula is C9H4BrF2N3. The van der Waals surface area contributed by atoms with Crippen LogP contribution in [0.2, 0.25) is 0 Å². The van der Waals surface area contributed by atoms with Crippen LogP contribution in [-0.2, 0) is 0 Å². The Balaban J connectivity index is 2.54. The minimum atomic E-state index is -0.665. The minimum absolute atomic E-state index is 0.218. The lowest BCUT2D eigenvalue weighted by Gasteiger charge is -2.00. The molecule has 0 spiro atoms. The summed E-state index contributed by atoms with van der Waals surface area (Å²) in [6.07, 6.45) is 1.26. The van der Waals surface area contributed by atoms with E-state index in [1.54, 1.807) is 0 Å². The molecule has 0 aliphatic rings. The predicted octanol–water partition coefficient (Wildman–Crippen LogP) is 2.58. The number of rotatable bonds is 1. The van der Waals surface area contributed by atoms with Crippen molar-refractivity contribution >= 4 is 15.9 Å². The smallest absolute Gasteiger partial charge is 0.200 e. The van der Waals surface area contributed by atoms with Crippen molar-refractivity contribution in [3.63, 3.8) is 0 Å². The van der Waals surface area contributed by atoms with Crippen LogP contribution in [0.3, 0.4) is 0 Å². The van der Waals surface area contributed by atoms with E-state index in [1.807, 2.05) is 0 Å². The molecule has 2 rings (SSSR count). The first kappa shape index (κ1) is 10.1. The molecule has 0 aliphatic heterocycles. The van der Waals surface area contributed by atoms with Gasteiger partial charge in [0, 0.05) is 11.6 Å². The van der Waals surface area contributed by atoms with Gasteiger partial charge in [-0.05, 0) is 28.1 Å². The summed E-state index contributed by atoms with van der Waals surface area (Å²) in [7, 11) is 0. The Morgan fingerprint density at radius 3 is 2.27 bits per heavy atom. The molecule has 0 fully saturated rings. The second-order valence-corrected chi connectivity index (χ2v) is 3.45. The van der Waals surface area contributed by atoms with Crippen LogP contribution in [0.15, 0.2) is 29.3 Å². The van der Waals surface area contributed by atoms with Crippen LogP contribution in [0.4, 0.5) is 8.78 Å². The largest absolute Gasteiger partial charge is 0.216 e. The number of nitrogens with zero attached hydrogens (tertiary/aromatic N) is 3. The third-order valence-electron chi connectivity index (χ3n) is 1.66. The molecule has 1 heterocycles. The molecule has 0 atom stereocenters. The summed E-state index contributed by atoms with van der Waals surface area (Å²) in [5.41, 5.74) is 0.274. The molecule has 0 saturated carbocycles. The van der Waals surface area contributed by atoms with Crippen molar-refractivity contribution in [1.29, 1.82) is 0 Å². The third kappa shape index (κ3) is 2.33. The van der Waals surface area contributed by atoms with Crippen molar-refractivity contribution in [2.24, 2.45) is 0 Å². The maximum atomic E-state index is 12.9. The average Bonchev–Trinajstić information content (AvgIpc) is 2.16. The van der Waals surface area contributed by atoms with Crippen LogP contribution >= 0.6 is 15.9 Å². The first-order valence-corrected chi connectivity index (χ1v) is 4.75. The Bertz CT molecular complexity index is 484. The van der Waals surface area contributed by atoms with Crippen molar-refractivity contribution in [2.75, 3.05) is 0 Å². The summed E-state index contributed by atoms with van der Waals surface area (Å²) in [5.74, 6) is -1.11. The van der Waals surface area contributed by atoms with Gasteiger partial charge in [-0.25, -0.2) is 23.7 Å². The van der Waals surface area contributed by atoms with Gasteiger partial charge in [0.15, 0.2) is 10.6 Å². The molecule has 6 heteroatoms. The van der Waals surface area contributed by atoms with Gasteiger partial charge in [-0.1, -0.05) is 0 Å². The molecule has 0 radical (unpaired) electrons. The van der Waals surface area contributed by atoms with Crippen LogP contribution < -0.4 is 0 Å². The van der Waals surface area contributed by atoms with Crippen molar-refractivity contribution in [1.82, 2.24) is 15.0 Å². The Morgan fingerprint density at radius 2 is 1.67 bits per heavy atom. The van der Waals surface area contributed by atoms with E-state index in [0.717, 1.165) is 18.2 Å². The van der Waals surface area contributed by atoms with Gasteiger partial charge in [-0.2, -0.15) is 0 Å². The van der Waals surface area contributed by atoms with E-state index >= 15 is 0 Å². The Labute approximate surface area is 92.3 Å². The molecular weight excluding hydrogens is 268 g/mol. The van der Waals surface area contributed by atoms with E-state index in [0.29, 0.717) is 4.73 Å². The fraction of sp³-hybridized carbons (Fsp3) is 0. The highest BCUT2D eigenvalue weighted by Gasteiger charge is 2.06. The Morgan fingerprint density at radius 1 is 1.00 bits per heavy atom. The molecule has 0 N–H and O–H groups in total. The summed E-state index contributed by atoms with van der Waals surface area (Å²) < 4.78 is 26.1. The summed E-state index contributed by atoms with van der Waals surface area (Å²) in [4.78, 5) is 11.4. The van der Waals surface area contributed by atoms with Gasteiger partial charge in [-0.3, -0.25) is 0 Å². The zero-order chi connectivity index (χ0) is 10.8. The zero-order valence-electron chi connectivity index (χ0n) is 7.28. The van der Waals surface area contributed by atoms with E-state index in [-0.39, 0.29) is 11.4 Å². The fourth-order valence-electron chi connectivity index (χ4n) is 1.10. The van der Waals surface area contributed by atoms with Crippen LogP contribution in [0.25, 0.3) is 11.4 Å². The molecule has 0 aliphatic carbocycles. The van der Waals surface area contributed by atoms with Gasteiger partial charge in [0.05, 0.1) is 0 Å². The Kier molecular flexibility index (Phi) is 2.68. The number of benzene rings is 1. The lowest BCUT2D eigenvalue weighted by atomic mass is 10.2. The van der Waals surface area contributed by atoms with Crippen molar-refractivity contribution < 1.29 is 8.78 Å². The monoisotopic (exact) mass is 271 g/mol. The van der Waals surface area contributed by atoms with E-state index in [9.17, 15) is 8.78 Å². The molecule has 15 heavy (non-hydrogen) atoms. The standard InChI is InChI=1S/C9H4BrF2N3/c10-9-14-4-13-8(15-9)5-1-6(11)3-7(12)2-5/h1-4H. The highest BCUT2D eigenvalue weighted by Crippen LogP contribution is 2.18. The van der Waals surface area contributed by atoms with E-state index < -0.39 is 11.6 Å². The topological polar surface area (TPSA) is 38.7 Å². The maximum absolute atomic E-state index is 12.9. The summed E-state index contributed by atoms with van der Waals surface area (Å²) in [6.45, 7) is 0. The number of halogens is 3. The van der Waals surface area contributed by atoms with Crippen molar-refractivity contribution in [2.45, 2.75) is 0 Å². The maximum Gasteiger partial charge on any atom is 0.200 e. The van der Waals surface area contributed by atoms with Gasteiger partial charge < -0.3 is 0 Å². The summed E-state index contributed by atoms with van der Waals surface area (Å²) in [5, 5.41) is 0. The van der Waals surface area contributed by atoms with Gasteiger partial charge >= 0.3 is 0 Å². The number of hydrogen-bond acceptors (Lipinski definition) is 3. The third-order valence-corrected chi connectivity index (χ3v) is 2.05. The lowest BCUT2D eigenvalue weighted by Crippen LogP contribution is -1.93. The first-order valence-electron chi connectivity index (χ1n) is 3.96. The lowest BCUT2D eigenvalue weighted by molar-refractivity contribution is 0.584. The van der Waals surface area contributed by atoms with Gasteiger partial charge in [0.25, 0.3) is 0 Å². The van der Waals surface area contributed by atoms with Gasteiger partial charge in [-0.15, -0.1) is 0 Å². The highest BCUT2D eigenvalue weighted by atomic mass is 79.9. The van der Waals surface area contributed by atoms with E-state index in [4.69, 9.17) is 0 Å². The van der Waals surface area contributed by atoms with Gasteiger partial charge in [0.2, 0.25) is 0 Å². The number of aromatic nitrogens is 3. The minimum Gasteiger partial charge on any atom is -0.216 e. The van der Waals surface area contributed by atoms with Crippen LogP contribution in [-0.4, -0.2) is 15.0 Å². The molecule has 0 bridgehead atoms. The molecule has 1 aromatic heterocycles. The van der Waals surface area contributed by atoms with Crippen molar-refractivity contribution in [3.8, 4) is 11.4 Å². The second-order valence-electron chi connectivity index (χ2n) is 2.74. The Hall–Kier alpha value is -1.43. The highest BCUT2D eigenvalue weighted by molar-refractivity contribution is 9.10. The summed E-state index contributed by atoms with van der Waals surface area (Å²) in [6, 6.07) is 3.11. The molecule has 0 unspecified atom stereocenters. The molecule has 0 saturated heterocycles. The number of hydrogen-bond donors (Lipinski definition) is 0. The molecule has 2 aromatic rings. The summed E-state index contributed by atoms with van der Waals surface area (Å²) >= 11 is 3.05. The molecule has 1 aromatic carbocycles. The quantitative estimate of drug-likeness (QED) is 0.800.